The Bertz CT molecular complexity index is 1400. The Morgan fingerprint density at radius 1 is 1.06 bits per heavy atom. The van der Waals surface area contributed by atoms with E-state index >= 15 is 0 Å². The van der Waals surface area contributed by atoms with Gasteiger partial charge in [-0.2, -0.15) is 5.10 Å². The fourth-order valence-electron chi connectivity index (χ4n) is 3.76. The quantitative estimate of drug-likeness (QED) is 0.255. The number of ether oxygens (including phenoxy) is 2. The van der Waals surface area contributed by atoms with Crippen molar-refractivity contribution in [3.8, 4) is 17.2 Å². The van der Waals surface area contributed by atoms with E-state index in [0.717, 1.165) is 5.56 Å². The molecular weight excluding hydrogens is 482 g/mol. The number of benzene rings is 3. The summed E-state index contributed by atoms with van der Waals surface area (Å²) in [5.74, 6) is 0.00916. The van der Waals surface area contributed by atoms with Crippen LogP contribution >= 0.6 is 11.6 Å². The molecule has 0 atom stereocenters. The highest BCUT2D eigenvalue weighted by atomic mass is 35.5. The Morgan fingerprint density at radius 3 is 2.53 bits per heavy atom. The zero-order chi connectivity index (χ0) is 25.8. The van der Waals surface area contributed by atoms with Gasteiger partial charge in [0.05, 0.1) is 5.71 Å². The summed E-state index contributed by atoms with van der Waals surface area (Å²) in [6.45, 7) is 5.30. The molecule has 3 aromatic carbocycles. The van der Waals surface area contributed by atoms with Crippen LogP contribution in [0.15, 0.2) is 65.4 Å². The number of phenols is 1. The Balaban J connectivity index is 1.63. The lowest BCUT2D eigenvalue weighted by atomic mass is 10.0. The average molecular weight is 506 g/mol. The number of rotatable bonds is 6. The highest BCUT2D eigenvalue weighted by Crippen LogP contribution is 2.33. The van der Waals surface area contributed by atoms with Crippen molar-refractivity contribution in [1.82, 2.24) is 10.7 Å². The van der Waals surface area contributed by atoms with Crippen molar-refractivity contribution in [3.05, 3.63) is 93.1 Å². The molecule has 9 heteroatoms. The Morgan fingerprint density at radius 2 is 1.78 bits per heavy atom. The first-order valence-electron chi connectivity index (χ1n) is 11.1. The van der Waals surface area contributed by atoms with Gasteiger partial charge in [0.2, 0.25) is 6.79 Å². The Hall–Kier alpha value is -4.30. The molecule has 0 saturated carbocycles. The summed E-state index contributed by atoms with van der Waals surface area (Å²) in [5.41, 5.74) is 5.53. The number of carbonyl (C=O) groups is 2. The van der Waals surface area contributed by atoms with Gasteiger partial charge >= 0.3 is 0 Å². The van der Waals surface area contributed by atoms with Gasteiger partial charge < -0.3 is 19.9 Å². The summed E-state index contributed by atoms with van der Waals surface area (Å²) in [7, 11) is 0. The monoisotopic (exact) mass is 505 g/mol. The topological polar surface area (TPSA) is 109 Å². The zero-order valence-corrected chi connectivity index (χ0v) is 20.6. The first-order valence-corrected chi connectivity index (χ1v) is 11.4. The lowest BCUT2D eigenvalue weighted by Gasteiger charge is -2.13. The summed E-state index contributed by atoms with van der Waals surface area (Å²) in [6, 6.07) is 15.2. The second-order valence-corrected chi connectivity index (χ2v) is 8.53. The number of halogens is 1. The number of phenolic OH excluding ortho intramolecular Hbond substituents is 1. The van der Waals surface area contributed by atoms with Crippen LogP contribution in [0.3, 0.4) is 0 Å². The molecule has 2 amide bonds. The number of amides is 2. The highest BCUT2D eigenvalue weighted by molar-refractivity contribution is 6.32. The van der Waals surface area contributed by atoms with Crippen molar-refractivity contribution in [1.29, 1.82) is 0 Å². The minimum Gasteiger partial charge on any atom is -0.507 e. The van der Waals surface area contributed by atoms with E-state index in [9.17, 15) is 14.7 Å². The van der Waals surface area contributed by atoms with E-state index in [-0.39, 0.29) is 18.2 Å². The average Bonchev–Trinajstić information content (AvgIpc) is 3.34. The lowest BCUT2D eigenvalue weighted by Crippen LogP contribution is -2.33. The number of aryl methyl sites for hydroxylation is 1. The number of hydrogen-bond donors (Lipinski definition) is 3. The molecule has 0 aromatic heterocycles. The summed E-state index contributed by atoms with van der Waals surface area (Å²) in [6.07, 6.45) is 1.51. The maximum absolute atomic E-state index is 13.1. The van der Waals surface area contributed by atoms with Gasteiger partial charge in [-0.05, 0) is 73.9 Å². The molecular formula is C27H24ClN3O5. The number of hydrazone groups is 1. The molecule has 36 heavy (non-hydrogen) atoms. The normalized spacial score (nSPS) is 12.9. The van der Waals surface area contributed by atoms with E-state index in [0.29, 0.717) is 44.5 Å². The van der Waals surface area contributed by atoms with Crippen molar-refractivity contribution in [2.45, 2.75) is 20.8 Å². The first kappa shape index (κ1) is 24.8. The van der Waals surface area contributed by atoms with Gasteiger partial charge in [0.25, 0.3) is 11.8 Å². The van der Waals surface area contributed by atoms with E-state index < -0.39 is 11.8 Å². The van der Waals surface area contributed by atoms with Crippen LogP contribution < -0.4 is 20.2 Å². The van der Waals surface area contributed by atoms with Crippen molar-refractivity contribution < 1.29 is 24.2 Å². The number of nitrogens with zero attached hydrogens (tertiary/aromatic N) is 1. The molecule has 8 nitrogen and oxygen atoms in total. The SMILES string of the molecule is CC(=NNC(=O)C(=Cc1ccc2c(c1)OCO2)NC(=O)c1ccccc1)c1c(O)cc(C)c(Cl)c1C. The molecule has 3 N–H and O–H groups in total. The summed E-state index contributed by atoms with van der Waals surface area (Å²) >= 11 is 6.33. The number of carbonyl (C=O) groups excluding carboxylic acids is 2. The van der Waals surface area contributed by atoms with Gasteiger partial charge in [-0.3, -0.25) is 9.59 Å². The molecule has 0 bridgehead atoms. The minimum absolute atomic E-state index is 0.00148. The number of hydrogen-bond acceptors (Lipinski definition) is 6. The van der Waals surface area contributed by atoms with Crippen LogP contribution in [0.25, 0.3) is 6.08 Å². The summed E-state index contributed by atoms with van der Waals surface area (Å²) in [5, 5.41) is 17.7. The third-order valence-electron chi connectivity index (χ3n) is 5.58. The standard InChI is InChI=1S/C27H24ClN3O5/c1-15-11-21(32)24(16(2)25(15)28)17(3)30-31-27(34)20(29-26(33)19-7-5-4-6-8-19)12-18-9-10-22-23(13-18)36-14-35-22/h4-13,32H,14H2,1-3H3,(H,29,33)(H,31,34). The summed E-state index contributed by atoms with van der Waals surface area (Å²) < 4.78 is 10.7. The first-order chi connectivity index (χ1) is 17.2. The van der Waals surface area contributed by atoms with Crippen molar-refractivity contribution in [3.63, 3.8) is 0 Å². The van der Waals surface area contributed by atoms with Crippen LogP contribution in [0.5, 0.6) is 17.2 Å². The third-order valence-corrected chi connectivity index (χ3v) is 6.16. The van der Waals surface area contributed by atoms with Crippen LogP contribution in [-0.4, -0.2) is 29.4 Å². The molecule has 0 saturated heterocycles. The van der Waals surface area contributed by atoms with Crippen LogP contribution in [0, 0.1) is 13.8 Å². The largest absolute Gasteiger partial charge is 0.507 e. The van der Waals surface area contributed by atoms with Gasteiger partial charge in [-0.15, -0.1) is 0 Å². The summed E-state index contributed by atoms with van der Waals surface area (Å²) in [4.78, 5) is 25.9. The third kappa shape index (κ3) is 5.34. The van der Waals surface area contributed by atoms with Crippen LogP contribution in [-0.2, 0) is 4.79 Å². The van der Waals surface area contributed by atoms with Crippen molar-refractivity contribution in [2.24, 2.45) is 5.10 Å². The predicted octanol–water partition coefficient (Wildman–Crippen LogP) is 4.70. The molecule has 1 heterocycles. The van der Waals surface area contributed by atoms with E-state index in [1.807, 2.05) is 0 Å². The van der Waals surface area contributed by atoms with Gasteiger partial charge in [-0.25, -0.2) is 5.43 Å². The number of fused-ring (bicyclic) bond motifs is 1. The fourth-order valence-corrected chi connectivity index (χ4v) is 3.91. The van der Waals surface area contributed by atoms with E-state index in [2.05, 4.69) is 15.8 Å². The van der Waals surface area contributed by atoms with E-state index in [1.165, 1.54) is 12.1 Å². The Labute approximate surface area is 213 Å². The molecule has 0 fully saturated rings. The molecule has 0 radical (unpaired) electrons. The molecule has 0 unspecified atom stereocenters. The fraction of sp³-hybridized carbons (Fsp3) is 0.148. The molecule has 0 aliphatic carbocycles. The molecule has 184 valence electrons. The molecule has 1 aliphatic heterocycles. The van der Waals surface area contributed by atoms with Crippen molar-refractivity contribution >= 4 is 35.2 Å². The van der Waals surface area contributed by atoms with Gasteiger partial charge in [0.15, 0.2) is 11.5 Å². The lowest BCUT2D eigenvalue weighted by molar-refractivity contribution is -0.117. The Kier molecular flexibility index (Phi) is 7.26. The zero-order valence-electron chi connectivity index (χ0n) is 19.9. The molecule has 3 aromatic rings. The van der Waals surface area contributed by atoms with Gasteiger partial charge in [0, 0.05) is 16.1 Å². The maximum atomic E-state index is 13.1. The van der Waals surface area contributed by atoms with Crippen LogP contribution in [0.2, 0.25) is 5.02 Å². The maximum Gasteiger partial charge on any atom is 0.287 e. The number of aromatic hydroxyl groups is 1. The smallest absolute Gasteiger partial charge is 0.287 e. The second kappa shape index (κ2) is 10.5. The van der Waals surface area contributed by atoms with Gasteiger partial charge in [-0.1, -0.05) is 35.9 Å². The predicted molar refractivity (Wildman–Crippen MR) is 137 cm³/mol. The van der Waals surface area contributed by atoms with E-state index in [1.54, 1.807) is 69.3 Å². The van der Waals surface area contributed by atoms with Crippen LogP contribution in [0.1, 0.15) is 39.5 Å². The second-order valence-electron chi connectivity index (χ2n) is 8.16. The van der Waals surface area contributed by atoms with E-state index in [4.69, 9.17) is 21.1 Å². The highest BCUT2D eigenvalue weighted by Gasteiger charge is 2.18. The molecule has 1 aliphatic rings. The molecule has 0 spiro atoms. The van der Waals surface area contributed by atoms with Crippen LogP contribution in [0.4, 0.5) is 0 Å². The van der Waals surface area contributed by atoms with Gasteiger partial charge in [0.1, 0.15) is 11.4 Å². The minimum atomic E-state index is -0.661. The molecule has 4 rings (SSSR count). The van der Waals surface area contributed by atoms with Crippen molar-refractivity contribution in [2.75, 3.05) is 6.79 Å². The number of nitrogens with one attached hydrogen (secondary N) is 2.